The summed E-state index contributed by atoms with van der Waals surface area (Å²) in [4.78, 5) is 0.659. The molecule has 1 aromatic carbocycles. The van der Waals surface area contributed by atoms with Gasteiger partial charge in [-0.15, -0.1) is 49.8 Å². The number of thiol groups is 1. The molecule has 13 heavy (non-hydrogen) atoms. The fourth-order valence-electron chi connectivity index (χ4n) is 0.642. The van der Waals surface area contributed by atoms with Gasteiger partial charge in [-0.05, 0) is 12.1 Å². The van der Waals surface area contributed by atoms with Crippen molar-refractivity contribution in [1.82, 2.24) is 0 Å². The van der Waals surface area contributed by atoms with Crippen molar-refractivity contribution in [2.75, 3.05) is 17.2 Å². The third-order valence-corrected chi connectivity index (χ3v) is 1.69. The maximum Gasteiger partial charge on any atom is 0.0792 e. The second-order valence-corrected chi connectivity index (χ2v) is 2.48. The average Bonchev–Trinajstić information content (AvgIpc) is 1.93. The van der Waals surface area contributed by atoms with Gasteiger partial charge in [-0.3, -0.25) is 0 Å². The Labute approximate surface area is 101 Å². The predicted molar refractivity (Wildman–Crippen MR) is 68.7 cm³/mol. The van der Waals surface area contributed by atoms with Gasteiger partial charge in [0.1, 0.15) is 0 Å². The van der Waals surface area contributed by atoms with E-state index in [0.717, 1.165) is 0 Å². The molecule has 0 aliphatic carbocycles. The van der Waals surface area contributed by atoms with Gasteiger partial charge in [0, 0.05) is 4.90 Å². The lowest BCUT2D eigenvalue weighted by Crippen LogP contribution is -2.00. The van der Waals surface area contributed by atoms with Gasteiger partial charge in [0.2, 0.25) is 0 Å². The summed E-state index contributed by atoms with van der Waals surface area (Å²) in [5.74, 6) is 0. The van der Waals surface area contributed by atoms with Gasteiger partial charge in [0.05, 0.1) is 17.1 Å². The summed E-state index contributed by atoms with van der Waals surface area (Å²) in [6.45, 7) is 0. The quantitative estimate of drug-likeness (QED) is 0.427. The number of nitrogens with two attached hydrogens (primary N) is 3. The van der Waals surface area contributed by atoms with E-state index in [-0.39, 0.29) is 37.2 Å². The van der Waals surface area contributed by atoms with Crippen molar-refractivity contribution in [2.45, 2.75) is 4.90 Å². The van der Waals surface area contributed by atoms with Crippen molar-refractivity contribution < 1.29 is 0 Å². The van der Waals surface area contributed by atoms with Gasteiger partial charge in [0.25, 0.3) is 0 Å². The van der Waals surface area contributed by atoms with Crippen LogP contribution in [0.15, 0.2) is 17.0 Å². The molecule has 3 nitrogen and oxygen atoms in total. The van der Waals surface area contributed by atoms with Crippen LogP contribution in [-0.4, -0.2) is 0 Å². The number of halogens is 3. The molecule has 0 fully saturated rings. The molecule has 6 N–H and O–H groups in total. The van der Waals surface area contributed by atoms with Crippen LogP contribution in [0, 0.1) is 0 Å². The van der Waals surface area contributed by atoms with E-state index in [2.05, 4.69) is 12.6 Å². The smallest absolute Gasteiger partial charge is 0.0792 e. The highest BCUT2D eigenvalue weighted by atomic mass is 35.5. The minimum atomic E-state index is 0. The van der Waals surface area contributed by atoms with Crippen LogP contribution >= 0.6 is 49.8 Å². The SMILES string of the molecule is Cl.Cl.Cl.Nc1ccc(S)c(N)c1N. The van der Waals surface area contributed by atoms with Gasteiger partial charge >= 0.3 is 0 Å². The molecule has 0 saturated heterocycles. The first-order valence-electron chi connectivity index (χ1n) is 2.75. The Balaban J connectivity index is -0.000000333. The molecule has 0 atom stereocenters. The van der Waals surface area contributed by atoms with Crippen molar-refractivity contribution in [1.29, 1.82) is 0 Å². The highest BCUT2D eigenvalue weighted by Crippen LogP contribution is 2.27. The van der Waals surface area contributed by atoms with Crippen LogP contribution in [0.4, 0.5) is 17.1 Å². The summed E-state index contributed by atoms with van der Waals surface area (Å²) in [7, 11) is 0. The third kappa shape index (κ3) is 4.04. The molecule has 0 saturated carbocycles. The number of hydrogen-bond acceptors (Lipinski definition) is 4. The van der Waals surface area contributed by atoms with Crippen molar-refractivity contribution in [3.8, 4) is 0 Å². The molecule has 0 aliphatic rings. The largest absolute Gasteiger partial charge is 0.397 e. The third-order valence-electron chi connectivity index (χ3n) is 1.30. The van der Waals surface area contributed by atoms with Crippen LogP contribution in [-0.2, 0) is 0 Å². The molecule has 1 aromatic rings. The Bertz CT molecular complexity index is 243. The van der Waals surface area contributed by atoms with Crippen molar-refractivity contribution in [2.24, 2.45) is 0 Å². The van der Waals surface area contributed by atoms with E-state index < -0.39 is 0 Å². The normalized spacial score (nSPS) is 7.46. The molecule has 0 heterocycles. The van der Waals surface area contributed by atoms with E-state index in [1.54, 1.807) is 12.1 Å². The highest BCUT2D eigenvalue weighted by molar-refractivity contribution is 7.80. The number of hydrogen-bond donors (Lipinski definition) is 4. The van der Waals surface area contributed by atoms with Crippen molar-refractivity contribution >= 4 is 66.9 Å². The second-order valence-electron chi connectivity index (χ2n) is 2.00. The van der Waals surface area contributed by atoms with Gasteiger partial charge in [-0.25, -0.2) is 0 Å². The first kappa shape index (κ1) is 18.6. The molecule has 0 aliphatic heterocycles. The van der Waals surface area contributed by atoms with Gasteiger partial charge in [-0.2, -0.15) is 0 Å². The highest BCUT2D eigenvalue weighted by Gasteiger charge is 2.00. The molecular weight excluding hydrogens is 253 g/mol. The van der Waals surface area contributed by atoms with E-state index in [1.807, 2.05) is 0 Å². The molecule has 0 amide bonds. The summed E-state index contributed by atoms with van der Waals surface area (Å²) in [6.07, 6.45) is 0. The topological polar surface area (TPSA) is 78.1 Å². The van der Waals surface area contributed by atoms with E-state index in [0.29, 0.717) is 22.0 Å². The number of rotatable bonds is 0. The monoisotopic (exact) mass is 263 g/mol. The van der Waals surface area contributed by atoms with E-state index >= 15 is 0 Å². The van der Waals surface area contributed by atoms with Crippen LogP contribution in [0.25, 0.3) is 0 Å². The van der Waals surface area contributed by atoms with Crippen molar-refractivity contribution in [3.05, 3.63) is 12.1 Å². The molecular formula is C6H12Cl3N3S. The first-order chi connectivity index (χ1) is 4.63. The molecule has 0 unspecified atom stereocenters. The maximum absolute atomic E-state index is 5.50. The van der Waals surface area contributed by atoms with Crippen LogP contribution in [0.1, 0.15) is 0 Å². The van der Waals surface area contributed by atoms with Gasteiger partial charge in [-0.1, -0.05) is 0 Å². The molecule has 0 aromatic heterocycles. The van der Waals surface area contributed by atoms with Gasteiger partial charge in [0.15, 0.2) is 0 Å². The zero-order chi connectivity index (χ0) is 7.72. The molecule has 7 heteroatoms. The van der Waals surface area contributed by atoms with Crippen LogP contribution in [0.3, 0.4) is 0 Å². The fourth-order valence-corrected chi connectivity index (χ4v) is 0.837. The Morgan fingerprint density at radius 2 is 1.31 bits per heavy atom. The second kappa shape index (κ2) is 7.26. The summed E-state index contributed by atoms with van der Waals surface area (Å²) < 4.78 is 0. The first-order valence-corrected chi connectivity index (χ1v) is 3.20. The Morgan fingerprint density at radius 1 is 0.846 bits per heavy atom. The standard InChI is InChI=1S/C6H9N3S.3ClH/c7-3-1-2-4(10)6(9)5(3)8;;;/h1-2,10H,7-9H2;3*1H. The zero-order valence-electron chi connectivity index (χ0n) is 6.56. The summed E-state index contributed by atoms with van der Waals surface area (Å²) in [6, 6.07) is 3.39. The summed E-state index contributed by atoms with van der Waals surface area (Å²) >= 11 is 4.05. The summed E-state index contributed by atoms with van der Waals surface area (Å²) in [5.41, 5.74) is 17.8. The lowest BCUT2D eigenvalue weighted by Gasteiger charge is -2.04. The zero-order valence-corrected chi connectivity index (χ0v) is 9.90. The van der Waals surface area contributed by atoms with E-state index in [1.165, 1.54) is 0 Å². The number of nitrogen functional groups attached to an aromatic ring is 3. The minimum absolute atomic E-state index is 0. The van der Waals surface area contributed by atoms with Crippen LogP contribution < -0.4 is 17.2 Å². The van der Waals surface area contributed by atoms with Gasteiger partial charge < -0.3 is 17.2 Å². The van der Waals surface area contributed by atoms with Crippen molar-refractivity contribution in [3.63, 3.8) is 0 Å². The summed E-state index contributed by atoms with van der Waals surface area (Å²) in [5, 5.41) is 0. The Morgan fingerprint density at radius 3 is 1.69 bits per heavy atom. The predicted octanol–water partition coefficient (Wildman–Crippen LogP) is 1.99. The molecule has 0 radical (unpaired) electrons. The Hall–Kier alpha value is -0.160. The molecule has 78 valence electrons. The van der Waals surface area contributed by atoms with E-state index in [4.69, 9.17) is 17.2 Å². The Kier molecular flexibility index (Phi) is 10.4. The lowest BCUT2D eigenvalue weighted by molar-refractivity contribution is 1.47. The average molecular weight is 265 g/mol. The number of benzene rings is 1. The molecule has 1 rings (SSSR count). The minimum Gasteiger partial charge on any atom is -0.397 e. The lowest BCUT2D eigenvalue weighted by atomic mass is 10.2. The van der Waals surface area contributed by atoms with Crippen LogP contribution in [0.2, 0.25) is 0 Å². The van der Waals surface area contributed by atoms with E-state index in [9.17, 15) is 0 Å². The maximum atomic E-state index is 5.50. The molecule has 0 spiro atoms. The fraction of sp³-hybridized carbons (Fsp3) is 0. The van der Waals surface area contributed by atoms with Crippen LogP contribution in [0.5, 0.6) is 0 Å². The number of anilines is 3. The molecule has 0 bridgehead atoms.